The van der Waals surface area contributed by atoms with Gasteiger partial charge in [0.2, 0.25) is 0 Å². The molecule has 6 heteroatoms. The van der Waals surface area contributed by atoms with Gasteiger partial charge in [-0.25, -0.2) is 0 Å². The van der Waals surface area contributed by atoms with Crippen molar-refractivity contribution in [3.05, 3.63) is 78.4 Å². The summed E-state index contributed by atoms with van der Waals surface area (Å²) in [5.74, 6) is 0.156. The molecule has 1 amide bonds. The molecule has 150 valence electrons. The third-order valence-corrected chi connectivity index (χ3v) is 6.69. The number of carbonyl (C=O) groups excluding carboxylic acids is 1. The summed E-state index contributed by atoms with van der Waals surface area (Å²) in [6.07, 6.45) is 0.812. The van der Waals surface area contributed by atoms with Crippen molar-refractivity contribution in [3.63, 3.8) is 0 Å². The Kier molecular flexibility index (Phi) is 4.25. The Morgan fingerprint density at radius 2 is 1.70 bits per heavy atom. The summed E-state index contributed by atoms with van der Waals surface area (Å²) in [6.45, 7) is 2.59. The van der Waals surface area contributed by atoms with E-state index in [9.17, 15) is 13.2 Å². The average Bonchev–Trinajstić information content (AvgIpc) is 3.01. The molecule has 0 saturated heterocycles. The highest BCUT2D eigenvalue weighted by Crippen LogP contribution is 2.40. The zero-order valence-corrected chi connectivity index (χ0v) is 17.1. The summed E-state index contributed by atoms with van der Waals surface area (Å²) in [4.78, 5) is 14.6. The van der Waals surface area contributed by atoms with Gasteiger partial charge in [0.1, 0.15) is 10.6 Å². The molecular formula is C24H19NO4S. The van der Waals surface area contributed by atoms with E-state index >= 15 is 0 Å². The molecule has 0 saturated carbocycles. The first-order valence-corrected chi connectivity index (χ1v) is 11.2. The van der Waals surface area contributed by atoms with Gasteiger partial charge < -0.3 is 9.08 Å². The Morgan fingerprint density at radius 1 is 0.900 bits per heavy atom. The number of hydrogen-bond donors (Lipinski definition) is 0. The van der Waals surface area contributed by atoms with E-state index in [1.54, 1.807) is 41.3 Å². The molecule has 4 aromatic rings. The number of rotatable bonds is 5. The SMILES string of the molecule is CCCN1C(=O)c2cccc3c(S(=O)(=O)Oc4ccc5ccccc5c4)ccc1c23. The molecule has 0 aromatic heterocycles. The van der Waals surface area contributed by atoms with Crippen molar-refractivity contribution < 1.29 is 17.4 Å². The summed E-state index contributed by atoms with van der Waals surface area (Å²) in [6, 6.07) is 21.3. The summed E-state index contributed by atoms with van der Waals surface area (Å²) in [7, 11) is -4.09. The normalized spacial score (nSPS) is 13.4. The number of amides is 1. The molecule has 0 radical (unpaired) electrons. The molecule has 30 heavy (non-hydrogen) atoms. The molecule has 5 nitrogen and oxygen atoms in total. The van der Waals surface area contributed by atoms with Gasteiger partial charge in [-0.2, -0.15) is 8.42 Å². The molecule has 1 heterocycles. The molecular weight excluding hydrogens is 398 g/mol. The van der Waals surface area contributed by atoms with Crippen molar-refractivity contribution in [2.45, 2.75) is 18.2 Å². The molecule has 0 aliphatic carbocycles. The summed E-state index contributed by atoms with van der Waals surface area (Å²) >= 11 is 0. The predicted octanol–water partition coefficient (Wildman–Crippen LogP) is 5.13. The zero-order chi connectivity index (χ0) is 20.9. The van der Waals surface area contributed by atoms with Gasteiger partial charge in [-0.1, -0.05) is 49.4 Å². The van der Waals surface area contributed by atoms with Gasteiger partial charge in [-0.3, -0.25) is 4.79 Å². The number of benzene rings is 4. The van der Waals surface area contributed by atoms with E-state index in [2.05, 4.69) is 0 Å². The predicted molar refractivity (Wildman–Crippen MR) is 118 cm³/mol. The molecule has 0 bridgehead atoms. The number of nitrogens with zero attached hydrogens (tertiary/aromatic N) is 1. The highest BCUT2D eigenvalue weighted by Gasteiger charge is 2.32. The van der Waals surface area contributed by atoms with Crippen LogP contribution in [0.15, 0.2) is 77.7 Å². The molecule has 0 fully saturated rings. The Balaban J connectivity index is 1.61. The lowest BCUT2D eigenvalue weighted by Crippen LogP contribution is -2.27. The standard InChI is InChI=1S/C24H19NO4S/c1-2-14-25-21-12-13-22(19-8-5-9-20(23(19)21)24(25)26)30(27,28)29-18-11-10-16-6-3-4-7-17(16)15-18/h3-13,15H,2,14H2,1H3. The first-order valence-electron chi connectivity index (χ1n) is 9.80. The molecule has 0 N–H and O–H groups in total. The van der Waals surface area contributed by atoms with Crippen LogP contribution in [0.25, 0.3) is 21.5 Å². The maximum Gasteiger partial charge on any atom is 0.339 e. The summed E-state index contributed by atoms with van der Waals surface area (Å²) in [5, 5.41) is 3.06. The summed E-state index contributed by atoms with van der Waals surface area (Å²) < 4.78 is 31.8. The van der Waals surface area contributed by atoms with Crippen molar-refractivity contribution >= 4 is 43.3 Å². The largest absolute Gasteiger partial charge is 0.379 e. The molecule has 4 aromatic carbocycles. The fourth-order valence-electron chi connectivity index (χ4n) is 4.07. The molecule has 5 rings (SSSR count). The first-order chi connectivity index (χ1) is 14.5. The van der Waals surface area contributed by atoms with Gasteiger partial charge in [0, 0.05) is 22.9 Å². The zero-order valence-electron chi connectivity index (χ0n) is 16.3. The van der Waals surface area contributed by atoms with E-state index in [0.29, 0.717) is 22.9 Å². The quantitative estimate of drug-likeness (QED) is 0.422. The fourth-order valence-corrected chi connectivity index (χ4v) is 5.19. The van der Waals surface area contributed by atoms with Crippen LogP contribution in [0, 0.1) is 0 Å². The van der Waals surface area contributed by atoms with Crippen LogP contribution in [0.1, 0.15) is 23.7 Å². The summed E-state index contributed by atoms with van der Waals surface area (Å²) in [5.41, 5.74) is 1.27. The van der Waals surface area contributed by atoms with Crippen molar-refractivity contribution in [2.24, 2.45) is 0 Å². The fraction of sp³-hybridized carbons (Fsp3) is 0.125. The molecule has 0 spiro atoms. The topological polar surface area (TPSA) is 63.7 Å². The average molecular weight is 417 g/mol. The number of anilines is 1. The minimum atomic E-state index is -4.09. The second-order valence-corrected chi connectivity index (χ2v) is 8.83. The Hall–Kier alpha value is -3.38. The van der Waals surface area contributed by atoms with Crippen LogP contribution < -0.4 is 9.08 Å². The third kappa shape index (κ3) is 2.83. The smallest absolute Gasteiger partial charge is 0.339 e. The number of fused-ring (bicyclic) bond motifs is 1. The second-order valence-electron chi connectivity index (χ2n) is 7.31. The van der Waals surface area contributed by atoms with E-state index < -0.39 is 10.1 Å². The highest BCUT2D eigenvalue weighted by atomic mass is 32.2. The monoisotopic (exact) mass is 417 g/mol. The molecule has 0 unspecified atom stereocenters. The van der Waals surface area contributed by atoms with Crippen molar-refractivity contribution in [2.75, 3.05) is 11.4 Å². The van der Waals surface area contributed by atoms with Crippen LogP contribution in [-0.4, -0.2) is 20.9 Å². The molecule has 0 atom stereocenters. The number of carbonyl (C=O) groups is 1. The van der Waals surface area contributed by atoms with E-state index in [1.165, 1.54) is 6.07 Å². The second kappa shape index (κ2) is 6.85. The van der Waals surface area contributed by atoms with E-state index in [4.69, 9.17) is 4.18 Å². The lowest BCUT2D eigenvalue weighted by Gasteiger charge is -2.17. The highest BCUT2D eigenvalue weighted by molar-refractivity contribution is 7.87. The first kappa shape index (κ1) is 18.6. The molecule has 1 aliphatic rings. The maximum atomic E-state index is 13.2. The van der Waals surface area contributed by atoms with Crippen LogP contribution >= 0.6 is 0 Å². The minimum absolute atomic E-state index is 0.0578. The molecule has 1 aliphatic heterocycles. The van der Waals surface area contributed by atoms with E-state index in [-0.39, 0.29) is 16.6 Å². The van der Waals surface area contributed by atoms with Crippen LogP contribution in [0.3, 0.4) is 0 Å². The van der Waals surface area contributed by atoms with Gasteiger partial charge in [0.15, 0.2) is 0 Å². The van der Waals surface area contributed by atoms with E-state index in [1.807, 2.05) is 37.3 Å². The van der Waals surface area contributed by atoms with Crippen LogP contribution in [0.2, 0.25) is 0 Å². The van der Waals surface area contributed by atoms with Gasteiger partial charge in [0.25, 0.3) is 5.91 Å². The van der Waals surface area contributed by atoms with Gasteiger partial charge in [0.05, 0.1) is 5.69 Å². The van der Waals surface area contributed by atoms with Crippen LogP contribution in [0.5, 0.6) is 5.75 Å². The van der Waals surface area contributed by atoms with Crippen molar-refractivity contribution in [1.29, 1.82) is 0 Å². The number of hydrogen-bond acceptors (Lipinski definition) is 4. The van der Waals surface area contributed by atoms with Crippen LogP contribution in [-0.2, 0) is 10.1 Å². The Labute approximate surface area is 174 Å². The lowest BCUT2D eigenvalue weighted by atomic mass is 10.1. The van der Waals surface area contributed by atoms with Crippen LogP contribution in [0.4, 0.5) is 5.69 Å². The van der Waals surface area contributed by atoms with Crippen molar-refractivity contribution in [3.8, 4) is 5.75 Å². The Bertz CT molecular complexity index is 1430. The van der Waals surface area contributed by atoms with Gasteiger partial charge in [-0.05, 0) is 47.5 Å². The Morgan fingerprint density at radius 3 is 2.50 bits per heavy atom. The van der Waals surface area contributed by atoms with Crippen molar-refractivity contribution in [1.82, 2.24) is 0 Å². The maximum absolute atomic E-state index is 13.2. The van der Waals surface area contributed by atoms with E-state index in [0.717, 1.165) is 22.9 Å². The minimum Gasteiger partial charge on any atom is -0.379 e. The third-order valence-electron chi connectivity index (χ3n) is 5.39. The van der Waals surface area contributed by atoms with Gasteiger partial charge in [-0.15, -0.1) is 0 Å². The lowest BCUT2D eigenvalue weighted by molar-refractivity contribution is 0.0993. The van der Waals surface area contributed by atoms with Gasteiger partial charge >= 0.3 is 10.1 Å².